The van der Waals surface area contributed by atoms with Crippen LogP contribution in [-0.2, 0) is 6.54 Å². The molecule has 0 aliphatic carbocycles. The average molecular weight is 344 g/mol. The van der Waals surface area contributed by atoms with Gasteiger partial charge in [-0.3, -0.25) is 4.79 Å². The Morgan fingerprint density at radius 3 is 2.70 bits per heavy atom. The fourth-order valence-corrected chi connectivity index (χ4v) is 3.95. The van der Waals surface area contributed by atoms with Crippen molar-refractivity contribution < 1.29 is 9.53 Å². The zero-order valence-electron chi connectivity index (χ0n) is 12.8. The average Bonchev–Trinajstić information content (AvgIpc) is 3.19. The highest BCUT2D eigenvalue weighted by Crippen LogP contribution is 2.36. The first-order chi connectivity index (χ1) is 11.2. The minimum atomic E-state index is -0.125. The van der Waals surface area contributed by atoms with Crippen LogP contribution in [0.25, 0.3) is 10.4 Å². The molecule has 0 saturated carbocycles. The number of rotatable bonds is 5. The lowest BCUT2D eigenvalue weighted by Crippen LogP contribution is -2.21. The Balaban J connectivity index is 1.78. The van der Waals surface area contributed by atoms with E-state index < -0.39 is 0 Å². The van der Waals surface area contributed by atoms with Gasteiger partial charge in [0.25, 0.3) is 5.91 Å². The van der Waals surface area contributed by atoms with Crippen LogP contribution in [0.5, 0.6) is 5.75 Å². The highest BCUT2D eigenvalue weighted by molar-refractivity contribution is 7.17. The summed E-state index contributed by atoms with van der Waals surface area (Å²) in [6.07, 6.45) is 1.79. The van der Waals surface area contributed by atoms with Crippen molar-refractivity contribution in [1.29, 1.82) is 0 Å². The molecule has 3 rings (SSSR count). The number of thiazole rings is 1. The number of aryl methyl sites for hydroxylation is 1. The van der Waals surface area contributed by atoms with Crippen molar-refractivity contribution in [3.63, 3.8) is 0 Å². The molecule has 1 amide bonds. The van der Waals surface area contributed by atoms with Crippen LogP contribution in [0, 0.1) is 6.92 Å². The predicted molar refractivity (Wildman–Crippen MR) is 94.3 cm³/mol. The molecule has 23 heavy (non-hydrogen) atoms. The van der Waals surface area contributed by atoms with Crippen LogP contribution in [0.1, 0.15) is 19.6 Å². The van der Waals surface area contributed by atoms with Crippen LogP contribution in [0.2, 0.25) is 0 Å². The molecule has 0 bridgehead atoms. The molecule has 0 atom stereocenters. The summed E-state index contributed by atoms with van der Waals surface area (Å²) in [6, 6.07) is 11.9. The van der Waals surface area contributed by atoms with Gasteiger partial charge in [0.1, 0.15) is 10.6 Å². The monoisotopic (exact) mass is 344 g/mol. The van der Waals surface area contributed by atoms with Crippen molar-refractivity contribution in [1.82, 2.24) is 10.3 Å². The Morgan fingerprint density at radius 2 is 2.04 bits per heavy atom. The van der Waals surface area contributed by atoms with Crippen LogP contribution in [0.3, 0.4) is 0 Å². The molecule has 0 unspecified atom stereocenters. The molecule has 2 aromatic heterocycles. The number of thiophene rings is 1. The van der Waals surface area contributed by atoms with Crippen molar-refractivity contribution in [2.24, 2.45) is 0 Å². The third kappa shape index (κ3) is 3.60. The molecule has 1 aromatic carbocycles. The molecular weight excluding hydrogens is 328 g/mol. The quantitative estimate of drug-likeness (QED) is 0.757. The van der Waals surface area contributed by atoms with Gasteiger partial charge in [0.05, 0.1) is 18.7 Å². The number of carbonyl (C=O) groups is 1. The maximum absolute atomic E-state index is 12.5. The topological polar surface area (TPSA) is 51.2 Å². The number of benzene rings is 1. The van der Waals surface area contributed by atoms with Gasteiger partial charge >= 0.3 is 0 Å². The number of nitrogens with one attached hydrogen (secondary N) is 1. The molecule has 6 heteroatoms. The van der Waals surface area contributed by atoms with Gasteiger partial charge in [0.2, 0.25) is 0 Å². The van der Waals surface area contributed by atoms with Gasteiger partial charge < -0.3 is 10.1 Å². The van der Waals surface area contributed by atoms with Gasteiger partial charge in [-0.25, -0.2) is 4.98 Å². The molecular formula is C17H16N2O2S2. The minimum Gasteiger partial charge on any atom is -0.495 e. The molecule has 0 saturated heterocycles. The smallest absolute Gasteiger partial charge is 0.265 e. The second-order valence-electron chi connectivity index (χ2n) is 4.90. The molecule has 4 nitrogen and oxygen atoms in total. The Kier molecular flexibility index (Phi) is 4.73. The summed E-state index contributed by atoms with van der Waals surface area (Å²) in [4.78, 5) is 19.3. The summed E-state index contributed by atoms with van der Waals surface area (Å²) in [7, 11) is 1.58. The summed E-state index contributed by atoms with van der Waals surface area (Å²) in [5.41, 5.74) is 1.08. The predicted octanol–water partition coefficient (Wildman–Crippen LogP) is 4.12. The maximum atomic E-state index is 12.5. The molecule has 0 radical (unpaired) electrons. The lowest BCUT2D eigenvalue weighted by molar-refractivity contribution is 0.0952. The summed E-state index contributed by atoms with van der Waals surface area (Å²) in [5.74, 6) is 0.479. The minimum absolute atomic E-state index is 0.125. The number of hydrogen-bond donors (Lipinski definition) is 1. The fraction of sp³-hybridized carbons (Fsp3) is 0.176. The molecule has 0 aliphatic rings. The lowest BCUT2D eigenvalue weighted by atomic mass is 10.2. The van der Waals surface area contributed by atoms with Gasteiger partial charge in [-0.05, 0) is 18.6 Å². The first kappa shape index (κ1) is 15.7. The largest absolute Gasteiger partial charge is 0.495 e. The highest BCUT2D eigenvalue weighted by atomic mass is 32.1. The van der Waals surface area contributed by atoms with E-state index in [0.29, 0.717) is 17.2 Å². The van der Waals surface area contributed by atoms with Crippen molar-refractivity contribution in [3.05, 3.63) is 57.4 Å². The summed E-state index contributed by atoms with van der Waals surface area (Å²) >= 11 is 3.02. The van der Waals surface area contributed by atoms with Crippen LogP contribution in [0.15, 0.2) is 42.6 Å². The number of nitrogens with zero attached hydrogens (tertiary/aromatic N) is 1. The van der Waals surface area contributed by atoms with Crippen molar-refractivity contribution >= 4 is 28.6 Å². The second kappa shape index (κ2) is 6.93. The molecule has 118 valence electrons. The second-order valence-corrected chi connectivity index (χ2v) is 7.27. The Hall–Kier alpha value is -2.18. The van der Waals surface area contributed by atoms with E-state index in [2.05, 4.69) is 10.3 Å². The zero-order chi connectivity index (χ0) is 16.2. The summed E-state index contributed by atoms with van der Waals surface area (Å²) in [5, 5.41) is 3.92. The summed E-state index contributed by atoms with van der Waals surface area (Å²) in [6.45, 7) is 2.43. The first-order valence-corrected chi connectivity index (χ1v) is 8.73. The molecule has 3 aromatic rings. The van der Waals surface area contributed by atoms with E-state index >= 15 is 0 Å². The van der Waals surface area contributed by atoms with Gasteiger partial charge in [-0.15, -0.1) is 22.7 Å². The number of hydrogen-bond acceptors (Lipinski definition) is 5. The van der Waals surface area contributed by atoms with Crippen molar-refractivity contribution in [2.45, 2.75) is 13.5 Å². The van der Waals surface area contributed by atoms with Crippen molar-refractivity contribution in [3.8, 4) is 16.2 Å². The van der Waals surface area contributed by atoms with E-state index in [1.165, 1.54) is 11.3 Å². The van der Waals surface area contributed by atoms with E-state index in [1.54, 1.807) is 24.6 Å². The van der Waals surface area contributed by atoms with Crippen LogP contribution in [0.4, 0.5) is 0 Å². The van der Waals surface area contributed by atoms with Crippen LogP contribution >= 0.6 is 22.7 Å². The summed E-state index contributed by atoms with van der Waals surface area (Å²) < 4.78 is 5.36. The lowest BCUT2D eigenvalue weighted by Gasteiger charge is -2.03. The van der Waals surface area contributed by atoms with Crippen LogP contribution < -0.4 is 10.1 Å². The first-order valence-electron chi connectivity index (χ1n) is 7.10. The van der Waals surface area contributed by atoms with Gasteiger partial charge in [-0.1, -0.05) is 30.3 Å². The van der Waals surface area contributed by atoms with Gasteiger partial charge in [0.15, 0.2) is 0 Å². The third-order valence-electron chi connectivity index (χ3n) is 3.27. The molecule has 0 fully saturated rings. The SMILES string of the molecule is COc1cc(-c2ccccc2)sc1C(=O)NCc1cnc(C)s1. The highest BCUT2D eigenvalue weighted by Gasteiger charge is 2.18. The number of amides is 1. The normalized spacial score (nSPS) is 10.5. The van der Waals surface area contributed by atoms with E-state index in [0.717, 1.165) is 20.3 Å². The van der Waals surface area contributed by atoms with E-state index in [-0.39, 0.29) is 5.91 Å². The van der Waals surface area contributed by atoms with E-state index in [1.807, 2.05) is 43.3 Å². The van der Waals surface area contributed by atoms with Gasteiger partial charge in [-0.2, -0.15) is 0 Å². The number of carbonyl (C=O) groups excluding carboxylic acids is 1. The standard InChI is InChI=1S/C17H16N2O2S2/c1-11-18-9-13(22-11)10-19-17(20)16-14(21-2)8-15(23-16)12-6-4-3-5-7-12/h3-9H,10H2,1-2H3,(H,19,20). The Labute approximate surface area is 142 Å². The molecule has 1 N–H and O–H groups in total. The maximum Gasteiger partial charge on any atom is 0.265 e. The van der Waals surface area contributed by atoms with Gasteiger partial charge in [0, 0.05) is 16.0 Å². The molecule has 2 heterocycles. The third-order valence-corrected chi connectivity index (χ3v) is 5.35. The van der Waals surface area contributed by atoms with Crippen LogP contribution in [-0.4, -0.2) is 18.0 Å². The Morgan fingerprint density at radius 1 is 1.26 bits per heavy atom. The zero-order valence-corrected chi connectivity index (χ0v) is 14.5. The molecule has 0 spiro atoms. The Bertz CT molecular complexity index is 809. The van der Waals surface area contributed by atoms with E-state index in [9.17, 15) is 4.79 Å². The number of ether oxygens (including phenoxy) is 1. The molecule has 0 aliphatic heterocycles. The number of aromatic nitrogens is 1. The van der Waals surface area contributed by atoms with E-state index in [4.69, 9.17) is 4.74 Å². The fourth-order valence-electron chi connectivity index (χ4n) is 2.16. The number of methoxy groups -OCH3 is 1. The van der Waals surface area contributed by atoms with Crippen molar-refractivity contribution in [2.75, 3.05) is 7.11 Å².